The monoisotopic (exact) mass is 341 g/mol. The molecule has 5 heteroatoms. The summed E-state index contributed by atoms with van der Waals surface area (Å²) in [6, 6.07) is 7.71. The van der Waals surface area contributed by atoms with E-state index in [9.17, 15) is 9.90 Å². The van der Waals surface area contributed by atoms with Crippen molar-refractivity contribution in [3.8, 4) is 0 Å². The summed E-state index contributed by atoms with van der Waals surface area (Å²) in [5.74, 6) is 0.0206. The first kappa shape index (κ1) is 15.5. The van der Waals surface area contributed by atoms with Gasteiger partial charge in [-0.1, -0.05) is 28.1 Å². The van der Waals surface area contributed by atoms with Crippen molar-refractivity contribution < 1.29 is 14.6 Å². The maximum atomic E-state index is 12.2. The Hall–Kier alpha value is -0.910. The largest absolute Gasteiger partial charge is 0.388 e. The van der Waals surface area contributed by atoms with Crippen molar-refractivity contribution in [1.29, 1.82) is 0 Å². The number of likely N-dealkylation sites (N-methyl/N-ethyl adjacent to an activating group) is 1. The first-order valence-electron chi connectivity index (χ1n) is 6.77. The topological polar surface area (TPSA) is 49.8 Å². The number of hydrogen-bond donors (Lipinski definition) is 1. The number of aliphatic hydroxyl groups is 1. The van der Waals surface area contributed by atoms with Gasteiger partial charge in [0.25, 0.3) is 0 Å². The van der Waals surface area contributed by atoms with Gasteiger partial charge in [0, 0.05) is 44.1 Å². The van der Waals surface area contributed by atoms with Crippen LogP contribution in [0.5, 0.6) is 0 Å². The molecule has 1 aliphatic rings. The minimum atomic E-state index is -0.803. The first-order chi connectivity index (χ1) is 9.48. The lowest BCUT2D eigenvalue weighted by molar-refractivity contribution is -0.136. The van der Waals surface area contributed by atoms with Gasteiger partial charge in [0.1, 0.15) is 0 Å². The summed E-state index contributed by atoms with van der Waals surface area (Å²) >= 11 is 3.37. The van der Waals surface area contributed by atoms with E-state index in [4.69, 9.17) is 4.74 Å². The number of nitrogens with zero attached hydrogens (tertiary/aromatic N) is 1. The molecule has 4 nitrogen and oxygen atoms in total. The molecule has 0 bridgehead atoms. The van der Waals surface area contributed by atoms with Gasteiger partial charge in [0.2, 0.25) is 5.91 Å². The second-order valence-electron chi connectivity index (χ2n) is 5.39. The highest BCUT2D eigenvalue weighted by Crippen LogP contribution is 2.21. The van der Waals surface area contributed by atoms with Crippen LogP contribution >= 0.6 is 15.9 Å². The molecule has 1 N–H and O–H groups in total. The molecule has 110 valence electrons. The number of carbonyl (C=O) groups excluding carboxylic acids is 1. The van der Waals surface area contributed by atoms with Gasteiger partial charge in [0.05, 0.1) is 12.0 Å². The minimum Gasteiger partial charge on any atom is -0.388 e. The zero-order chi connectivity index (χ0) is 14.6. The zero-order valence-corrected chi connectivity index (χ0v) is 13.2. The predicted octanol–water partition coefficient (Wildman–Crippen LogP) is 1.99. The smallest absolute Gasteiger partial charge is 0.226 e. The highest BCUT2D eigenvalue weighted by molar-refractivity contribution is 9.10. The van der Waals surface area contributed by atoms with Crippen LogP contribution in [0.3, 0.4) is 0 Å². The standard InChI is InChI=1S/C15H20BrNO3/c1-17(11-15(19)6-8-20-9-7-15)14(18)10-12-2-4-13(16)5-3-12/h2-5,19H,6-11H2,1H3. The molecule has 0 spiro atoms. The number of hydrogen-bond acceptors (Lipinski definition) is 3. The van der Waals surface area contributed by atoms with Gasteiger partial charge in [-0.3, -0.25) is 4.79 Å². The molecule has 1 aliphatic heterocycles. The van der Waals surface area contributed by atoms with Crippen LogP contribution in [-0.4, -0.2) is 48.3 Å². The van der Waals surface area contributed by atoms with Crippen molar-refractivity contribution in [2.24, 2.45) is 0 Å². The van der Waals surface area contributed by atoms with E-state index in [-0.39, 0.29) is 5.91 Å². The van der Waals surface area contributed by atoms with Crippen molar-refractivity contribution in [1.82, 2.24) is 4.90 Å². The molecule has 0 atom stereocenters. The molecule has 1 aromatic carbocycles. The maximum Gasteiger partial charge on any atom is 0.226 e. The summed E-state index contributed by atoms with van der Waals surface area (Å²) in [4.78, 5) is 13.8. The summed E-state index contributed by atoms with van der Waals surface area (Å²) in [5.41, 5.74) is 0.173. The Morgan fingerprint density at radius 3 is 2.55 bits per heavy atom. The van der Waals surface area contributed by atoms with Gasteiger partial charge in [-0.25, -0.2) is 0 Å². The van der Waals surface area contributed by atoms with E-state index in [1.165, 1.54) is 0 Å². The number of benzene rings is 1. The number of rotatable bonds is 4. The van der Waals surface area contributed by atoms with E-state index in [0.717, 1.165) is 10.0 Å². The van der Waals surface area contributed by atoms with Gasteiger partial charge in [-0.15, -0.1) is 0 Å². The van der Waals surface area contributed by atoms with Gasteiger partial charge < -0.3 is 14.7 Å². The highest BCUT2D eigenvalue weighted by atomic mass is 79.9. The Kier molecular flexibility index (Phi) is 5.18. The van der Waals surface area contributed by atoms with E-state index in [0.29, 0.717) is 39.0 Å². The van der Waals surface area contributed by atoms with E-state index < -0.39 is 5.60 Å². The van der Waals surface area contributed by atoms with Crippen molar-refractivity contribution in [3.63, 3.8) is 0 Å². The van der Waals surface area contributed by atoms with Gasteiger partial charge in [-0.2, -0.15) is 0 Å². The number of amides is 1. The first-order valence-corrected chi connectivity index (χ1v) is 7.56. The second-order valence-corrected chi connectivity index (χ2v) is 6.31. The van der Waals surface area contributed by atoms with Gasteiger partial charge >= 0.3 is 0 Å². The molecule has 0 unspecified atom stereocenters. The fourth-order valence-electron chi connectivity index (χ4n) is 2.35. The van der Waals surface area contributed by atoms with Crippen molar-refractivity contribution in [2.45, 2.75) is 24.9 Å². The molecule has 2 rings (SSSR count). The van der Waals surface area contributed by atoms with Crippen LogP contribution in [0.4, 0.5) is 0 Å². The molecule has 20 heavy (non-hydrogen) atoms. The lowest BCUT2D eigenvalue weighted by Crippen LogP contribution is -2.47. The molecular weight excluding hydrogens is 322 g/mol. The van der Waals surface area contributed by atoms with E-state index >= 15 is 0 Å². The Labute approximate surface area is 127 Å². The summed E-state index contributed by atoms with van der Waals surface area (Å²) in [7, 11) is 1.74. The second kappa shape index (κ2) is 6.70. The highest BCUT2D eigenvalue weighted by Gasteiger charge is 2.32. The third-order valence-electron chi connectivity index (χ3n) is 3.65. The van der Waals surface area contributed by atoms with Crippen LogP contribution in [0.25, 0.3) is 0 Å². The lowest BCUT2D eigenvalue weighted by Gasteiger charge is -2.35. The lowest BCUT2D eigenvalue weighted by atomic mass is 9.94. The Morgan fingerprint density at radius 1 is 1.35 bits per heavy atom. The summed E-state index contributed by atoms with van der Waals surface area (Å²) in [5, 5.41) is 10.4. The molecule has 1 heterocycles. The molecular formula is C15H20BrNO3. The predicted molar refractivity (Wildman–Crippen MR) is 80.5 cm³/mol. The number of halogens is 1. The van der Waals surface area contributed by atoms with Gasteiger partial charge in [-0.05, 0) is 17.7 Å². The zero-order valence-electron chi connectivity index (χ0n) is 11.6. The molecule has 1 aromatic rings. The molecule has 1 fully saturated rings. The van der Waals surface area contributed by atoms with Crippen molar-refractivity contribution >= 4 is 21.8 Å². The van der Waals surface area contributed by atoms with Crippen molar-refractivity contribution in [2.75, 3.05) is 26.8 Å². The fourth-order valence-corrected chi connectivity index (χ4v) is 2.62. The van der Waals surface area contributed by atoms with E-state index in [1.54, 1.807) is 11.9 Å². The Balaban J connectivity index is 1.89. The van der Waals surface area contributed by atoms with Crippen LogP contribution in [0.2, 0.25) is 0 Å². The third kappa shape index (κ3) is 4.30. The summed E-state index contributed by atoms with van der Waals surface area (Å²) < 4.78 is 6.24. The average Bonchev–Trinajstić information content (AvgIpc) is 2.41. The normalized spacial score (nSPS) is 17.8. The van der Waals surface area contributed by atoms with Crippen LogP contribution in [0.15, 0.2) is 28.7 Å². The maximum absolute atomic E-state index is 12.2. The average molecular weight is 342 g/mol. The SMILES string of the molecule is CN(CC1(O)CCOCC1)C(=O)Cc1ccc(Br)cc1. The van der Waals surface area contributed by atoms with Crippen molar-refractivity contribution in [3.05, 3.63) is 34.3 Å². The number of carbonyl (C=O) groups is 1. The molecule has 0 saturated carbocycles. The Bertz CT molecular complexity index is 455. The Morgan fingerprint density at radius 2 is 1.95 bits per heavy atom. The molecule has 0 radical (unpaired) electrons. The number of ether oxygens (including phenoxy) is 1. The van der Waals surface area contributed by atoms with E-state index in [2.05, 4.69) is 15.9 Å². The molecule has 1 amide bonds. The van der Waals surface area contributed by atoms with E-state index in [1.807, 2.05) is 24.3 Å². The minimum absolute atomic E-state index is 0.0206. The summed E-state index contributed by atoms with van der Waals surface area (Å²) in [6.07, 6.45) is 1.53. The fraction of sp³-hybridized carbons (Fsp3) is 0.533. The molecule has 1 saturated heterocycles. The molecule has 0 aromatic heterocycles. The van der Waals surface area contributed by atoms with Crippen LogP contribution < -0.4 is 0 Å². The van der Waals surface area contributed by atoms with Gasteiger partial charge in [0.15, 0.2) is 0 Å². The van der Waals surface area contributed by atoms with Crippen LogP contribution in [0, 0.1) is 0 Å². The third-order valence-corrected chi connectivity index (χ3v) is 4.18. The quantitative estimate of drug-likeness (QED) is 0.911. The molecule has 0 aliphatic carbocycles. The van der Waals surface area contributed by atoms with Crippen LogP contribution in [0.1, 0.15) is 18.4 Å². The summed E-state index contributed by atoms with van der Waals surface area (Å²) in [6.45, 7) is 1.49. The van der Waals surface area contributed by atoms with Crippen LogP contribution in [-0.2, 0) is 16.0 Å².